The lowest BCUT2D eigenvalue weighted by atomic mass is 10.1. The van der Waals surface area contributed by atoms with Crippen molar-refractivity contribution in [1.29, 1.82) is 0 Å². The molecule has 1 N–H and O–H groups in total. The van der Waals surface area contributed by atoms with Crippen LogP contribution in [0.5, 0.6) is 5.75 Å². The molecule has 0 atom stereocenters. The summed E-state index contributed by atoms with van der Waals surface area (Å²) in [6.07, 6.45) is 0. The summed E-state index contributed by atoms with van der Waals surface area (Å²) in [6, 6.07) is 26.9. The molecule has 30 heavy (non-hydrogen) atoms. The van der Waals surface area contributed by atoms with E-state index in [2.05, 4.69) is 20.5 Å². The number of benzene rings is 3. The summed E-state index contributed by atoms with van der Waals surface area (Å²) in [7, 11) is 0. The van der Waals surface area contributed by atoms with Gasteiger partial charge in [-0.15, -0.1) is 0 Å². The maximum atomic E-state index is 11.4. The Hall–Kier alpha value is -3.31. The van der Waals surface area contributed by atoms with Gasteiger partial charge in [0.1, 0.15) is 12.4 Å². The lowest BCUT2D eigenvalue weighted by Crippen LogP contribution is -2.05. The van der Waals surface area contributed by atoms with E-state index in [1.807, 2.05) is 73.7 Å². The Labute approximate surface area is 183 Å². The van der Waals surface area contributed by atoms with Crippen LogP contribution in [0, 0.1) is 6.92 Å². The molecule has 4 nitrogen and oxygen atoms in total. The molecule has 4 aromatic rings. The third-order valence-corrected chi connectivity index (χ3v) is 5.37. The van der Waals surface area contributed by atoms with Gasteiger partial charge < -0.3 is 14.4 Å². The number of carboxylic acid groups (broad SMARTS) is 1. The van der Waals surface area contributed by atoms with Crippen molar-refractivity contribution < 1.29 is 14.6 Å². The van der Waals surface area contributed by atoms with Gasteiger partial charge in [-0.3, -0.25) is 0 Å². The van der Waals surface area contributed by atoms with Crippen molar-refractivity contribution >= 4 is 21.9 Å². The number of carbonyl (C=O) groups is 1. The van der Waals surface area contributed by atoms with Gasteiger partial charge in [0.05, 0.1) is 16.9 Å². The molecule has 0 aliphatic rings. The lowest BCUT2D eigenvalue weighted by molar-refractivity contribution is 0.0697. The molecule has 1 aromatic heterocycles. The van der Waals surface area contributed by atoms with Crippen LogP contribution in [-0.4, -0.2) is 15.6 Å². The average Bonchev–Trinajstić information content (AvgIpc) is 3.15. The van der Waals surface area contributed by atoms with Crippen LogP contribution in [0.2, 0.25) is 0 Å². The number of hydrogen-bond donors (Lipinski definition) is 1. The van der Waals surface area contributed by atoms with Crippen molar-refractivity contribution in [2.24, 2.45) is 0 Å². The van der Waals surface area contributed by atoms with Gasteiger partial charge in [-0.05, 0) is 60.5 Å². The van der Waals surface area contributed by atoms with Crippen molar-refractivity contribution in [1.82, 2.24) is 4.57 Å². The van der Waals surface area contributed by atoms with Crippen molar-refractivity contribution in [3.63, 3.8) is 0 Å². The predicted molar refractivity (Wildman–Crippen MR) is 121 cm³/mol. The SMILES string of the molecule is Cc1ccc(-c2cccc(C(=O)O)c2)n1-c1cc(Br)ccc1OCc1ccccc1. The Balaban J connectivity index is 1.78. The summed E-state index contributed by atoms with van der Waals surface area (Å²) >= 11 is 3.57. The Morgan fingerprint density at radius 2 is 1.77 bits per heavy atom. The number of rotatable bonds is 6. The zero-order chi connectivity index (χ0) is 21.1. The Morgan fingerprint density at radius 1 is 0.967 bits per heavy atom. The summed E-state index contributed by atoms with van der Waals surface area (Å²) in [4.78, 5) is 11.4. The lowest BCUT2D eigenvalue weighted by Gasteiger charge is -2.18. The minimum Gasteiger partial charge on any atom is -0.487 e. The van der Waals surface area contributed by atoms with Gasteiger partial charge in [0.25, 0.3) is 0 Å². The third kappa shape index (κ3) is 4.16. The highest BCUT2D eigenvalue weighted by molar-refractivity contribution is 9.10. The van der Waals surface area contributed by atoms with Crippen LogP contribution in [0.25, 0.3) is 16.9 Å². The van der Waals surface area contributed by atoms with Gasteiger partial charge in [0.15, 0.2) is 0 Å². The zero-order valence-electron chi connectivity index (χ0n) is 16.4. The minimum atomic E-state index is -0.944. The molecule has 0 aliphatic carbocycles. The largest absolute Gasteiger partial charge is 0.487 e. The van der Waals surface area contributed by atoms with Crippen molar-refractivity contribution in [3.05, 3.63) is 106 Å². The van der Waals surface area contributed by atoms with E-state index >= 15 is 0 Å². The minimum absolute atomic E-state index is 0.257. The maximum absolute atomic E-state index is 11.4. The Kier molecular flexibility index (Phi) is 5.72. The molecule has 0 amide bonds. The molecule has 0 unspecified atom stereocenters. The fourth-order valence-electron chi connectivity index (χ4n) is 3.42. The normalized spacial score (nSPS) is 10.7. The highest BCUT2D eigenvalue weighted by Crippen LogP contribution is 2.34. The summed E-state index contributed by atoms with van der Waals surface area (Å²) < 4.78 is 9.20. The third-order valence-electron chi connectivity index (χ3n) is 4.88. The van der Waals surface area contributed by atoms with Gasteiger partial charge in [0, 0.05) is 10.2 Å². The van der Waals surface area contributed by atoms with E-state index in [0.717, 1.165) is 38.4 Å². The van der Waals surface area contributed by atoms with Crippen molar-refractivity contribution in [3.8, 4) is 22.7 Å². The van der Waals surface area contributed by atoms with Gasteiger partial charge in [-0.1, -0.05) is 58.4 Å². The second-order valence-corrected chi connectivity index (χ2v) is 7.88. The number of halogens is 1. The van der Waals surface area contributed by atoms with Crippen molar-refractivity contribution in [2.45, 2.75) is 13.5 Å². The van der Waals surface area contributed by atoms with E-state index in [1.165, 1.54) is 0 Å². The molecule has 0 radical (unpaired) electrons. The van der Waals surface area contributed by atoms with E-state index < -0.39 is 5.97 Å². The van der Waals surface area contributed by atoms with Gasteiger partial charge in [-0.2, -0.15) is 0 Å². The molecule has 0 saturated heterocycles. The average molecular weight is 462 g/mol. The number of aromatic carboxylic acids is 1. The molecule has 5 heteroatoms. The van der Waals surface area contributed by atoms with E-state index in [9.17, 15) is 9.90 Å². The standard InChI is InChI=1S/C25H20BrNO3/c1-17-10-12-22(19-8-5-9-20(14-19)25(28)29)27(17)23-15-21(26)11-13-24(23)30-16-18-6-3-2-4-7-18/h2-15H,16H2,1H3,(H,28,29). The molecule has 1 heterocycles. The Bertz CT molecular complexity index is 1200. The Morgan fingerprint density at radius 3 is 2.53 bits per heavy atom. The number of nitrogens with zero attached hydrogens (tertiary/aromatic N) is 1. The number of hydrogen-bond acceptors (Lipinski definition) is 2. The molecule has 0 saturated carbocycles. The van der Waals surface area contributed by atoms with Crippen LogP contribution in [0.4, 0.5) is 0 Å². The van der Waals surface area contributed by atoms with Crippen LogP contribution in [-0.2, 0) is 6.61 Å². The first-order valence-corrected chi connectivity index (χ1v) is 10.3. The molecule has 0 aliphatic heterocycles. The number of ether oxygens (including phenoxy) is 1. The van der Waals surface area contributed by atoms with Crippen LogP contribution in [0.3, 0.4) is 0 Å². The van der Waals surface area contributed by atoms with Crippen LogP contribution < -0.4 is 4.74 Å². The second-order valence-electron chi connectivity index (χ2n) is 6.97. The molecule has 0 bridgehead atoms. The number of aromatic nitrogens is 1. The van der Waals surface area contributed by atoms with E-state index in [1.54, 1.807) is 18.2 Å². The summed E-state index contributed by atoms with van der Waals surface area (Å²) in [5.41, 5.74) is 4.99. The van der Waals surface area contributed by atoms with Crippen molar-refractivity contribution in [2.75, 3.05) is 0 Å². The summed E-state index contributed by atoms with van der Waals surface area (Å²) in [5, 5.41) is 9.37. The first-order chi connectivity index (χ1) is 14.5. The fraction of sp³-hybridized carbons (Fsp3) is 0.0800. The van der Waals surface area contributed by atoms with Crippen LogP contribution >= 0.6 is 15.9 Å². The van der Waals surface area contributed by atoms with E-state index in [-0.39, 0.29) is 5.56 Å². The molecular formula is C25H20BrNO3. The van der Waals surface area contributed by atoms with E-state index in [4.69, 9.17) is 4.74 Å². The second kappa shape index (κ2) is 8.59. The molecule has 4 rings (SSSR count). The zero-order valence-corrected chi connectivity index (χ0v) is 18.0. The molecular weight excluding hydrogens is 442 g/mol. The van der Waals surface area contributed by atoms with Gasteiger partial charge in [-0.25, -0.2) is 4.79 Å². The van der Waals surface area contributed by atoms with Crippen LogP contribution in [0.1, 0.15) is 21.6 Å². The summed E-state index contributed by atoms with van der Waals surface area (Å²) in [5.74, 6) is -0.196. The summed E-state index contributed by atoms with van der Waals surface area (Å²) in [6.45, 7) is 2.48. The monoisotopic (exact) mass is 461 g/mol. The quantitative estimate of drug-likeness (QED) is 0.356. The highest BCUT2D eigenvalue weighted by Gasteiger charge is 2.16. The molecule has 150 valence electrons. The smallest absolute Gasteiger partial charge is 0.335 e. The van der Waals surface area contributed by atoms with E-state index in [0.29, 0.717) is 6.61 Å². The highest BCUT2D eigenvalue weighted by atomic mass is 79.9. The first kappa shape index (κ1) is 20.0. The maximum Gasteiger partial charge on any atom is 0.335 e. The first-order valence-electron chi connectivity index (χ1n) is 9.51. The molecule has 3 aromatic carbocycles. The van der Waals surface area contributed by atoms with Crippen LogP contribution in [0.15, 0.2) is 89.4 Å². The van der Waals surface area contributed by atoms with Gasteiger partial charge in [0.2, 0.25) is 0 Å². The topological polar surface area (TPSA) is 51.5 Å². The number of carboxylic acids is 1. The number of aryl methyl sites for hydroxylation is 1. The predicted octanol–water partition coefficient (Wildman–Crippen LogP) is 6.49. The molecule has 0 spiro atoms. The fourth-order valence-corrected chi connectivity index (χ4v) is 3.77. The molecule has 0 fully saturated rings. The van der Waals surface area contributed by atoms with Gasteiger partial charge >= 0.3 is 5.97 Å².